The van der Waals surface area contributed by atoms with Crippen molar-refractivity contribution in [3.8, 4) is 0 Å². The van der Waals surface area contributed by atoms with E-state index >= 15 is 0 Å². The molecule has 0 saturated carbocycles. The summed E-state index contributed by atoms with van der Waals surface area (Å²) in [6.07, 6.45) is -0.364. The lowest BCUT2D eigenvalue weighted by molar-refractivity contribution is -0.145. The van der Waals surface area contributed by atoms with E-state index in [0.717, 1.165) is 4.31 Å². The predicted molar refractivity (Wildman–Crippen MR) is 111 cm³/mol. The van der Waals surface area contributed by atoms with Crippen LogP contribution in [0.2, 0.25) is 10.0 Å². The third-order valence-corrected chi connectivity index (χ3v) is 6.61. The van der Waals surface area contributed by atoms with Gasteiger partial charge >= 0.3 is 5.97 Å². The van der Waals surface area contributed by atoms with Gasteiger partial charge in [-0.15, -0.1) is 0 Å². The van der Waals surface area contributed by atoms with E-state index in [-0.39, 0.29) is 21.0 Å². The van der Waals surface area contributed by atoms with Gasteiger partial charge < -0.3 is 4.74 Å². The Labute approximate surface area is 176 Å². The highest BCUT2D eigenvalue weighted by Crippen LogP contribution is 2.32. The molecule has 0 aliphatic rings. The number of hydrogen-bond acceptors (Lipinski definition) is 4. The zero-order chi connectivity index (χ0) is 19.5. The Morgan fingerprint density at radius 2 is 1.85 bits per heavy atom. The molecule has 0 aromatic heterocycles. The highest BCUT2D eigenvalue weighted by Gasteiger charge is 2.31. The number of ether oxygens (including phenoxy) is 1. The summed E-state index contributed by atoms with van der Waals surface area (Å²) in [5, 5.41) is 0.239. The third-order valence-electron chi connectivity index (χ3n) is 3.22. The summed E-state index contributed by atoms with van der Waals surface area (Å²) < 4.78 is 33.3. The number of sulfonamides is 1. The van der Waals surface area contributed by atoms with Crippen molar-refractivity contribution < 1.29 is 17.9 Å². The first-order valence-electron chi connectivity index (χ1n) is 7.54. The number of nitrogens with zero attached hydrogens (tertiary/aromatic N) is 1. The summed E-state index contributed by atoms with van der Waals surface area (Å²) in [5.41, 5.74) is 0.352. The molecule has 0 saturated heterocycles. The zero-order valence-corrected chi connectivity index (χ0v) is 18.4. The van der Waals surface area contributed by atoms with Crippen LogP contribution in [-0.2, 0) is 19.6 Å². The molecular formula is C17H16Cl2INO4S. The van der Waals surface area contributed by atoms with Crippen LogP contribution in [0.3, 0.4) is 0 Å². The standard InChI is InChI=1S/C17H16Cl2INO4S/c1-11(2)25-17(22)10-21(15-6-4-3-5-14(15)20)26(23,24)16-9-12(18)7-8-13(16)19/h3-9,11H,10H2,1-2H3. The molecule has 26 heavy (non-hydrogen) atoms. The largest absolute Gasteiger partial charge is 0.462 e. The van der Waals surface area contributed by atoms with Gasteiger partial charge in [-0.1, -0.05) is 35.3 Å². The van der Waals surface area contributed by atoms with E-state index in [4.69, 9.17) is 27.9 Å². The Morgan fingerprint density at radius 1 is 1.19 bits per heavy atom. The lowest BCUT2D eigenvalue weighted by Gasteiger charge is -2.25. The molecule has 0 fully saturated rings. The second kappa shape index (κ2) is 8.77. The van der Waals surface area contributed by atoms with Crippen LogP contribution in [0.15, 0.2) is 47.4 Å². The van der Waals surface area contributed by atoms with Crippen LogP contribution >= 0.6 is 45.8 Å². The van der Waals surface area contributed by atoms with Gasteiger partial charge in [0.1, 0.15) is 11.4 Å². The number of rotatable bonds is 6. The van der Waals surface area contributed by atoms with Crippen molar-refractivity contribution in [3.63, 3.8) is 0 Å². The van der Waals surface area contributed by atoms with Crippen LogP contribution in [0.25, 0.3) is 0 Å². The van der Waals surface area contributed by atoms with Gasteiger partial charge in [-0.2, -0.15) is 0 Å². The zero-order valence-electron chi connectivity index (χ0n) is 13.9. The maximum absolute atomic E-state index is 13.3. The Kier molecular flexibility index (Phi) is 7.18. The summed E-state index contributed by atoms with van der Waals surface area (Å²) in [4.78, 5) is 12.0. The van der Waals surface area contributed by atoms with Crippen LogP contribution in [-0.4, -0.2) is 27.0 Å². The van der Waals surface area contributed by atoms with Crippen LogP contribution in [0.1, 0.15) is 13.8 Å². The Morgan fingerprint density at radius 3 is 2.46 bits per heavy atom. The second-order valence-corrected chi connectivity index (χ2v) is 9.41. The number of para-hydroxylation sites is 1. The molecule has 0 spiro atoms. The SMILES string of the molecule is CC(C)OC(=O)CN(c1ccccc1I)S(=O)(=O)c1cc(Cl)ccc1Cl. The summed E-state index contributed by atoms with van der Waals surface area (Å²) in [5.74, 6) is -0.665. The minimum atomic E-state index is -4.15. The number of esters is 1. The smallest absolute Gasteiger partial charge is 0.327 e. The fourth-order valence-corrected chi connectivity index (χ4v) is 5.18. The normalized spacial score (nSPS) is 11.5. The molecular weight excluding hydrogens is 512 g/mol. The molecule has 0 aliphatic carbocycles. The molecule has 2 rings (SSSR count). The van der Waals surface area contributed by atoms with Crippen LogP contribution in [0.5, 0.6) is 0 Å². The minimum Gasteiger partial charge on any atom is -0.462 e. The molecule has 5 nitrogen and oxygen atoms in total. The van der Waals surface area contributed by atoms with Crippen LogP contribution in [0.4, 0.5) is 5.69 Å². The van der Waals surface area contributed by atoms with Crippen molar-refractivity contribution in [1.29, 1.82) is 0 Å². The molecule has 0 radical (unpaired) electrons. The quantitative estimate of drug-likeness (QED) is 0.402. The van der Waals surface area contributed by atoms with Gasteiger partial charge in [-0.25, -0.2) is 8.42 Å². The van der Waals surface area contributed by atoms with E-state index in [1.54, 1.807) is 38.1 Å². The van der Waals surface area contributed by atoms with E-state index in [1.165, 1.54) is 18.2 Å². The lowest BCUT2D eigenvalue weighted by Crippen LogP contribution is -2.37. The molecule has 0 aliphatic heterocycles. The van der Waals surface area contributed by atoms with E-state index < -0.39 is 22.5 Å². The molecule has 2 aromatic rings. The van der Waals surface area contributed by atoms with E-state index in [0.29, 0.717) is 9.26 Å². The molecule has 0 unspecified atom stereocenters. The van der Waals surface area contributed by atoms with Crippen molar-refractivity contribution in [3.05, 3.63) is 56.1 Å². The van der Waals surface area contributed by atoms with E-state index in [9.17, 15) is 13.2 Å². The van der Waals surface area contributed by atoms with Gasteiger partial charge in [0.25, 0.3) is 10.0 Å². The van der Waals surface area contributed by atoms with E-state index in [2.05, 4.69) is 0 Å². The number of anilines is 1. The molecule has 140 valence electrons. The fraction of sp³-hybridized carbons (Fsp3) is 0.235. The van der Waals surface area contributed by atoms with Crippen LogP contribution in [0, 0.1) is 3.57 Å². The fourth-order valence-electron chi connectivity index (χ4n) is 2.16. The van der Waals surface area contributed by atoms with E-state index in [1.807, 2.05) is 22.6 Å². The summed E-state index contributed by atoms with van der Waals surface area (Å²) in [6.45, 7) is 2.90. The van der Waals surface area contributed by atoms with Crippen LogP contribution < -0.4 is 4.31 Å². The first-order valence-corrected chi connectivity index (χ1v) is 10.8. The molecule has 2 aromatic carbocycles. The summed E-state index contributed by atoms with van der Waals surface area (Å²) in [6, 6.07) is 11.0. The molecule has 0 bridgehead atoms. The molecule has 0 N–H and O–H groups in total. The molecule has 9 heteroatoms. The van der Waals surface area contributed by atoms with Gasteiger partial charge in [0.15, 0.2) is 0 Å². The van der Waals surface area contributed by atoms with Crippen molar-refractivity contribution in [2.75, 3.05) is 10.8 Å². The second-order valence-electron chi connectivity index (χ2n) is 5.58. The van der Waals surface area contributed by atoms with Gasteiger partial charge in [0.2, 0.25) is 0 Å². The third kappa shape index (κ3) is 5.03. The minimum absolute atomic E-state index is 0.0163. The van der Waals surface area contributed by atoms with Crippen molar-refractivity contribution in [2.45, 2.75) is 24.8 Å². The molecule has 0 heterocycles. The molecule has 0 amide bonds. The van der Waals surface area contributed by atoms with Gasteiger partial charge in [-0.05, 0) is 66.8 Å². The summed E-state index contributed by atoms with van der Waals surface area (Å²) >= 11 is 14.0. The lowest BCUT2D eigenvalue weighted by atomic mass is 10.3. The van der Waals surface area contributed by atoms with Gasteiger partial charge in [0.05, 0.1) is 16.8 Å². The number of carbonyl (C=O) groups excluding carboxylic acids is 1. The van der Waals surface area contributed by atoms with Gasteiger partial charge in [-0.3, -0.25) is 9.10 Å². The first-order chi connectivity index (χ1) is 12.1. The summed E-state index contributed by atoms with van der Waals surface area (Å²) in [7, 11) is -4.15. The Hall–Kier alpha value is -1.03. The Balaban J connectivity index is 2.57. The van der Waals surface area contributed by atoms with Crippen molar-refractivity contribution in [1.82, 2.24) is 0 Å². The topological polar surface area (TPSA) is 63.7 Å². The number of halogens is 3. The highest BCUT2D eigenvalue weighted by molar-refractivity contribution is 14.1. The van der Waals surface area contributed by atoms with Crippen molar-refractivity contribution in [2.24, 2.45) is 0 Å². The van der Waals surface area contributed by atoms with Gasteiger partial charge in [0, 0.05) is 8.59 Å². The predicted octanol–water partition coefficient (Wildman–Crippen LogP) is 4.74. The first kappa shape index (κ1) is 21.3. The van der Waals surface area contributed by atoms with Crippen molar-refractivity contribution >= 4 is 67.5 Å². The maximum atomic E-state index is 13.3. The maximum Gasteiger partial charge on any atom is 0.327 e. The Bertz CT molecular complexity index is 919. The number of hydrogen-bond donors (Lipinski definition) is 0. The highest BCUT2D eigenvalue weighted by atomic mass is 127. The number of carbonyl (C=O) groups is 1. The average molecular weight is 528 g/mol. The average Bonchev–Trinajstić information content (AvgIpc) is 2.55. The molecule has 0 atom stereocenters. The monoisotopic (exact) mass is 527 g/mol. The number of benzene rings is 2.